The topological polar surface area (TPSA) is 50.2 Å². The summed E-state index contributed by atoms with van der Waals surface area (Å²) >= 11 is 6.34. The van der Waals surface area contributed by atoms with Crippen LogP contribution in [-0.4, -0.2) is 36.0 Å². The summed E-state index contributed by atoms with van der Waals surface area (Å²) in [5.41, 5.74) is 0.628. The predicted octanol–water partition coefficient (Wildman–Crippen LogP) is 2.28. The molecule has 1 aliphatic rings. The fourth-order valence-electron chi connectivity index (χ4n) is 2.96. The van der Waals surface area contributed by atoms with Crippen molar-refractivity contribution in [2.24, 2.45) is 0 Å². The summed E-state index contributed by atoms with van der Waals surface area (Å²) in [6.45, 7) is 4.56. The van der Waals surface area contributed by atoms with Crippen molar-refractivity contribution >= 4 is 17.3 Å². The molecule has 118 valence electrons. The van der Waals surface area contributed by atoms with Gasteiger partial charge in [-0.1, -0.05) is 18.5 Å². The summed E-state index contributed by atoms with van der Waals surface area (Å²) in [6, 6.07) is 0.437. The minimum absolute atomic E-state index is 0.172. The van der Waals surface area contributed by atoms with E-state index in [0.29, 0.717) is 17.6 Å². The molecule has 2 rings (SSSR count). The van der Waals surface area contributed by atoms with E-state index in [2.05, 4.69) is 15.3 Å². The van der Waals surface area contributed by atoms with Gasteiger partial charge in [0.2, 0.25) is 0 Å². The zero-order valence-electron chi connectivity index (χ0n) is 12.9. The molecule has 1 atom stereocenters. The van der Waals surface area contributed by atoms with E-state index >= 15 is 0 Å². The fourth-order valence-corrected chi connectivity index (χ4v) is 3.21. The first kappa shape index (κ1) is 16.3. The Morgan fingerprint density at radius 1 is 1.48 bits per heavy atom. The second-order valence-corrected chi connectivity index (χ2v) is 5.99. The van der Waals surface area contributed by atoms with Crippen molar-refractivity contribution in [3.8, 4) is 0 Å². The van der Waals surface area contributed by atoms with Gasteiger partial charge in [-0.2, -0.15) is 5.10 Å². The Hall–Kier alpha value is -1.07. The molecule has 1 aromatic rings. The van der Waals surface area contributed by atoms with Crippen LogP contribution in [0.2, 0.25) is 5.02 Å². The van der Waals surface area contributed by atoms with E-state index < -0.39 is 0 Å². The highest BCUT2D eigenvalue weighted by Gasteiger charge is 2.25. The van der Waals surface area contributed by atoms with Gasteiger partial charge >= 0.3 is 0 Å². The number of halogens is 1. The molecule has 0 aliphatic carbocycles. The van der Waals surface area contributed by atoms with E-state index in [9.17, 15) is 4.79 Å². The first-order valence-electron chi connectivity index (χ1n) is 7.86. The van der Waals surface area contributed by atoms with Crippen LogP contribution in [0.3, 0.4) is 0 Å². The smallest absolute Gasteiger partial charge is 0.287 e. The van der Waals surface area contributed by atoms with Crippen molar-refractivity contribution in [1.82, 2.24) is 15.1 Å². The first-order valence-corrected chi connectivity index (χ1v) is 8.23. The summed E-state index contributed by atoms with van der Waals surface area (Å²) < 4.78 is 1.46. The Bertz CT molecular complexity index is 517. The molecular formula is C15H25ClN4O. The van der Waals surface area contributed by atoms with Crippen LogP contribution < -0.4 is 15.8 Å². The number of hydrogen-bond acceptors (Lipinski definition) is 4. The number of nitrogens with one attached hydrogen (secondary N) is 1. The number of aromatic nitrogens is 2. The largest absolute Gasteiger partial charge is 0.366 e. The van der Waals surface area contributed by atoms with Crippen LogP contribution in [0, 0.1) is 0 Å². The van der Waals surface area contributed by atoms with Crippen molar-refractivity contribution in [3.05, 3.63) is 21.6 Å². The Balaban J connectivity index is 2.26. The van der Waals surface area contributed by atoms with Crippen molar-refractivity contribution in [2.45, 2.75) is 51.6 Å². The van der Waals surface area contributed by atoms with Crippen molar-refractivity contribution in [2.75, 3.05) is 25.0 Å². The summed E-state index contributed by atoms with van der Waals surface area (Å²) in [5, 5.41) is 7.79. The van der Waals surface area contributed by atoms with E-state index in [1.807, 2.05) is 14.0 Å². The monoisotopic (exact) mass is 312 g/mol. The van der Waals surface area contributed by atoms with Crippen LogP contribution in [0.25, 0.3) is 0 Å². The maximum absolute atomic E-state index is 12.3. The van der Waals surface area contributed by atoms with E-state index in [-0.39, 0.29) is 5.56 Å². The minimum Gasteiger partial charge on any atom is -0.366 e. The zero-order chi connectivity index (χ0) is 15.2. The molecule has 0 spiro atoms. The number of piperidine rings is 1. The van der Waals surface area contributed by atoms with E-state index in [1.165, 1.54) is 11.1 Å². The molecule has 2 heterocycles. The standard InChI is InChI=1S/C15H25ClN4O/c1-3-9-20-15(21)14(16)13(11-18-20)19-10-5-4-6-12(19)7-8-17-2/h11-12,17H,3-10H2,1-2H3. The third kappa shape index (κ3) is 3.77. The summed E-state index contributed by atoms with van der Waals surface area (Å²) in [7, 11) is 1.97. The van der Waals surface area contributed by atoms with Crippen molar-refractivity contribution < 1.29 is 0 Å². The average Bonchev–Trinajstić information content (AvgIpc) is 2.51. The van der Waals surface area contributed by atoms with Gasteiger partial charge in [0.1, 0.15) is 5.02 Å². The van der Waals surface area contributed by atoms with Crippen LogP contribution in [-0.2, 0) is 6.54 Å². The van der Waals surface area contributed by atoms with Gasteiger partial charge in [0.05, 0.1) is 11.9 Å². The first-order chi connectivity index (χ1) is 10.2. The Morgan fingerprint density at radius 3 is 3.00 bits per heavy atom. The molecule has 1 aliphatic heterocycles. The van der Waals surface area contributed by atoms with Gasteiger partial charge < -0.3 is 10.2 Å². The molecule has 1 saturated heterocycles. The summed E-state index contributed by atoms with van der Waals surface area (Å²) in [4.78, 5) is 14.5. The molecule has 6 heteroatoms. The summed E-state index contributed by atoms with van der Waals surface area (Å²) in [6.07, 6.45) is 7.22. The van der Waals surface area contributed by atoms with Crippen molar-refractivity contribution in [1.29, 1.82) is 0 Å². The lowest BCUT2D eigenvalue weighted by molar-refractivity contribution is 0.431. The Kier molecular flexibility index (Phi) is 6.06. The number of rotatable bonds is 6. The normalized spacial score (nSPS) is 19.0. The molecule has 1 unspecified atom stereocenters. The second-order valence-electron chi connectivity index (χ2n) is 5.61. The number of aryl methyl sites for hydroxylation is 1. The molecule has 21 heavy (non-hydrogen) atoms. The number of nitrogens with zero attached hydrogens (tertiary/aromatic N) is 3. The molecule has 0 aromatic carbocycles. The van der Waals surface area contributed by atoms with Crippen LogP contribution in [0.15, 0.2) is 11.0 Å². The van der Waals surface area contributed by atoms with Crippen molar-refractivity contribution in [3.63, 3.8) is 0 Å². The highest BCUT2D eigenvalue weighted by molar-refractivity contribution is 6.33. The van der Waals surface area contributed by atoms with Gasteiger partial charge in [-0.25, -0.2) is 4.68 Å². The van der Waals surface area contributed by atoms with E-state index in [1.54, 1.807) is 6.20 Å². The van der Waals surface area contributed by atoms with Crippen LogP contribution in [0.1, 0.15) is 39.0 Å². The van der Waals surface area contributed by atoms with Gasteiger partial charge in [0.25, 0.3) is 5.56 Å². The molecule has 1 aromatic heterocycles. The number of anilines is 1. The van der Waals surface area contributed by atoms with Gasteiger partial charge in [0.15, 0.2) is 0 Å². The molecule has 0 amide bonds. The van der Waals surface area contributed by atoms with Gasteiger partial charge in [-0.05, 0) is 45.7 Å². The predicted molar refractivity (Wildman–Crippen MR) is 87.3 cm³/mol. The molecule has 1 N–H and O–H groups in total. The van der Waals surface area contributed by atoms with E-state index in [0.717, 1.165) is 44.5 Å². The molecule has 0 bridgehead atoms. The fraction of sp³-hybridized carbons (Fsp3) is 0.733. The third-order valence-corrected chi connectivity index (χ3v) is 4.42. The molecular weight excluding hydrogens is 288 g/mol. The van der Waals surface area contributed by atoms with Crippen LogP contribution >= 0.6 is 11.6 Å². The van der Waals surface area contributed by atoms with Gasteiger partial charge in [0, 0.05) is 19.1 Å². The van der Waals surface area contributed by atoms with Gasteiger partial charge in [-0.15, -0.1) is 0 Å². The van der Waals surface area contributed by atoms with Gasteiger partial charge in [-0.3, -0.25) is 4.79 Å². The highest BCUT2D eigenvalue weighted by atomic mass is 35.5. The molecule has 1 fully saturated rings. The SMILES string of the molecule is CCCn1ncc(N2CCCCC2CCNC)c(Cl)c1=O. The van der Waals surface area contributed by atoms with Crippen LogP contribution in [0.5, 0.6) is 0 Å². The Labute approximate surface area is 131 Å². The minimum atomic E-state index is -0.172. The average molecular weight is 313 g/mol. The highest BCUT2D eigenvalue weighted by Crippen LogP contribution is 2.29. The lowest BCUT2D eigenvalue weighted by Crippen LogP contribution is -2.42. The maximum Gasteiger partial charge on any atom is 0.287 e. The lowest BCUT2D eigenvalue weighted by Gasteiger charge is -2.37. The summed E-state index contributed by atoms with van der Waals surface area (Å²) in [5.74, 6) is 0. The van der Waals surface area contributed by atoms with E-state index in [4.69, 9.17) is 11.6 Å². The molecule has 0 radical (unpaired) electrons. The second kappa shape index (κ2) is 7.80. The quantitative estimate of drug-likeness (QED) is 0.875. The number of hydrogen-bond donors (Lipinski definition) is 1. The molecule has 5 nitrogen and oxygen atoms in total. The third-order valence-electron chi connectivity index (χ3n) is 4.07. The lowest BCUT2D eigenvalue weighted by atomic mass is 9.99. The maximum atomic E-state index is 12.3. The Morgan fingerprint density at radius 2 is 2.29 bits per heavy atom. The molecule has 0 saturated carbocycles. The van der Waals surface area contributed by atoms with Crippen LogP contribution in [0.4, 0.5) is 5.69 Å². The zero-order valence-corrected chi connectivity index (χ0v) is 13.7.